The summed E-state index contributed by atoms with van der Waals surface area (Å²) in [5.74, 6) is -1.22. The van der Waals surface area contributed by atoms with Crippen molar-refractivity contribution in [2.24, 2.45) is 0 Å². The minimum Gasteiger partial charge on any atom is -0.478 e. The molecular weight excluding hydrogens is 192 g/mol. The van der Waals surface area contributed by atoms with Crippen LogP contribution in [0.2, 0.25) is 0 Å². The number of benzene rings is 1. The standard InChI is InChI=1S/C12H10O3/c13-9-11(12(14)15)8-4-7-10-5-2-1-3-6-10/h1-9H,(H,14,15)/b7-4+,11-8+. The summed E-state index contributed by atoms with van der Waals surface area (Å²) in [7, 11) is 0. The van der Waals surface area contributed by atoms with Gasteiger partial charge in [0, 0.05) is 0 Å². The van der Waals surface area contributed by atoms with Crippen molar-refractivity contribution in [3.63, 3.8) is 0 Å². The van der Waals surface area contributed by atoms with Gasteiger partial charge in [0.1, 0.15) is 0 Å². The van der Waals surface area contributed by atoms with E-state index in [4.69, 9.17) is 5.11 Å². The zero-order chi connectivity index (χ0) is 11.1. The van der Waals surface area contributed by atoms with Crippen molar-refractivity contribution in [1.82, 2.24) is 0 Å². The number of aldehydes is 1. The highest BCUT2D eigenvalue weighted by molar-refractivity contribution is 6.06. The third-order valence-electron chi connectivity index (χ3n) is 1.74. The topological polar surface area (TPSA) is 54.4 Å². The highest BCUT2D eigenvalue weighted by atomic mass is 16.4. The van der Waals surface area contributed by atoms with Crippen molar-refractivity contribution in [1.29, 1.82) is 0 Å². The van der Waals surface area contributed by atoms with Gasteiger partial charge in [0.05, 0.1) is 5.57 Å². The van der Waals surface area contributed by atoms with E-state index in [1.54, 1.807) is 6.08 Å². The first kappa shape index (κ1) is 10.9. The normalized spacial score (nSPS) is 11.6. The average molecular weight is 202 g/mol. The van der Waals surface area contributed by atoms with Crippen molar-refractivity contribution in [2.75, 3.05) is 0 Å². The summed E-state index contributed by atoms with van der Waals surface area (Å²) in [5, 5.41) is 8.54. The van der Waals surface area contributed by atoms with Gasteiger partial charge < -0.3 is 5.11 Å². The van der Waals surface area contributed by atoms with Gasteiger partial charge in [0.2, 0.25) is 0 Å². The van der Waals surface area contributed by atoms with Crippen LogP contribution in [0.1, 0.15) is 5.56 Å². The Bertz CT molecular complexity index is 402. The fourth-order valence-corrected chi connectivity index (χ4v) is 0.988. The first-order valence-corrected chi connectivity index (χ1v) is 4.36. The Morgan fingerprint density at radius 2 is 1.87 bits per heavy atom. The quantitative estimate of drug-likeness (QED) is 0.267. The van der Waals surface area contributed by atoms with Gasteiger partial charge >= 0.3 is 5.97 Å². The van der Waals surface area contributed by atoms with Crippen LogP contribution in [0.25, 0.3) is 6.08 Å². The number of aliphatic carboxylic acids is 1. The minimum atomic E-state index is -1.22. The third kappa shape index (κ3) is 3.60. The zero-order valence-electron chi connectivity index (χ0n) is 7.96. The van der Waals surface area contributed by atoms with Crippen LogP contribution in [-0.4, -0.2) is 17.4 Å². The van der Waals surface area contributed by atoms with E-state index in [-0.39, 0.29) is 5.57 Å². The Morgan fingerprint density at radius 1 is 1.20 bits per heavy atom. The van der Waals surface area contributed by atoms with Crippen LogP contribution >= 0.6 is 0 Å². The number of carboxylic acid groups (broad SMARTS) is 1. The predicted molar refractivity (Wildman–Crippen MR) is 57.3 cm³/mol. The largest absolute Gasteiger partial charge is 0.478 e. The smallest absolute Gasteiger partial charge is 0.339 e. The van der Waals surface area contributed by atoms with E-state index in [1.807, 2.05) is 30.3 Å². The maximum absolute atomic E-state index is 10.4. The molecule has 1 aromatic carbocycles. The lowest BCUT2D eigenvalue weighted by Gasteiger charge is -1.89. The molecule has 1 rings (SSSR count). The summed E-state index contributed by atoms with van der Waals surface area (Å²) >= 11 is 0. The summed E-state index contributed by atoms with van der Waals surface area (Å²) < 4.78 is 0. The Labute approximate surface area is 87.4 Å². The second kappa shape index (κ2) is 5.54. The van der Waals surface area contributed by atoms with Crippen molar-refractivity contribution in [3.05, 3.63) is 53.6 Å². The summed E-state index contributed by atoms with van der Waals surface area (Å²) in [5.41, 5.74) is 0.687. The summed E-state index contributed by atoms with van der Waals surface area (Å²) in [6, 6.07) is 9.40. The van der Waals surface area contributed by atoms with E-state index in [2.05, 4.69) is 0 Å². The lowest BCUT2D eigenvalue weighted by Crippen LogP contribution is -2.00. The number of allylic oxidation sites excluding steroid dienone is 2. The number of hydrogen-bond acceptors (Lipinski definition) is 2. The molecule has 0 atom stereocenters. The number of carbonyl (C=O) groups excluding carboxylic acids is 1. The van der Waals surface area contributed by atoms with Crippen LogP contribution in [-0.2, 0) is 9.59 Å². The van der Waals surface area contributed by atoms with Crippen molar-refractivity contribution < 1.29 is 14.7 Å². The van der Waals surface area contributed by atoms with E-state index >= 15 is 0 Å². The van der Waals surface area contributed by atoms with Gasteiger partial charge in [-0.2, -0.15) is 0 Å². The van der Waals surface area contributed by atoms with Gasteiger partial charge in [-0.3, -0.25) is 4.79 Å². The van der Waals surface area contributed by atoms with Crippen LogP contribution in [0.5, 0.6) is 0 Å². The molecule has 0 aliphatic heterocycles. The molecule has 3 heteroatoms. The molecule has 0 unspecified atom stereocenters. The van der Waals surface area contributed by atoms with E-state index in [1.165, 1.54) is 12.2 Å². The molecule has 0 aliphatic rings. The number of rotatable bonds is 4. The SMILES string of the molecule is O=C/C(=C\C=C\c1ccccc1)C(=O)O. The molecule has 0 aliphatic carbocycles. The molecule has 3 nitrogen and oxygen atoms in total. The Hall–Kier alpha value is -2.16. The van der Waals surface area contributed by atoms with Gasteiger partial charge in [-0.25, -0.2) is 4.79 Å². The minimum absolute atomic E-state index is 0.262. The van der Waals surface area contributed by atoms with Gasteiger partial charge in [-0.05, 0) is 11.6 Å². The molecule has 0 saturated heterocycles. The first-order valence-electron chi connectivity index (χ1n) is 4.36. The van der Waals surface area contributed by atoms with Crippen molar-refractivity contribution >= 4 is 18.3 Å². The Kier molecular flexibility index (Phi) is 4.04. The molecule has 1 aromatic rings. The Balaban J connectivity index is 2.75. The highest BCUT2D eigenvalue weighted by Crippen LogP contribution is 2.01. The van der Waals surface area contributed by atoms with E-state index in [9.17, 15) is 9.59 Å². The molecule has 76 valence electrons. The van der Waals surface area contributed by atoms with Crippen LogP contribution in [0.4, 0.5) is 0 Å². The summed E-state index contributed by atoms with van der Waals surface area (Å²) in [6.45, 7) is 0. The lowest BCUT2D eigenvalue weighted by molar-refractivity contribution is -0.133. The lowest BCUT2D eigenvalue weighted by atomic mass is 10.2. The molecule has 0 heterocycles. The molecule has 0 saturated carbocycles. The molecule has 0 bridgehead atoms. The molecule has 1 N–H and O–H groups in total. The van der Waals surface area contributed by atoms with Gasteiger partial charge in [-0.1, -0.05) is 42.5 Å². The van der Waals surface area contributed by atoms with Crippen LogP contribution in [0, 0.1) is 0 Å². The fraction of sp³-hybridized carbons (Fsp3) is 0. The monoisotopic (exact) mass is 202 g/mol. The first-order chi connectivity index (χ1) is 7.24. The second-order valence-corrected chi connectivity index (χ2v) is 2.81. The van der Waals surface area contributed by atoms with Crippen LogP contribution in [0.3, 0.4) is 0 Å². The highest BCUT2D eigenvalue weighted by Gasteiger charge is 2.01. The Morgan fingerprint density at radius 3 is 2.40 bits per heavy atom. The van der Waals surface area contributed by atoms with Gasteiger partial charge in [0.25, 0.3) is 0 Å². The van der Waals surface area contributed by atoms with Crippen LogP contribution in [0.15, 0.2) is 48.1 Å². The van der Waals surface area contributed by atoms with E-state index in [0.29, 0.717) is 6.29 Å². The summed E-state index contributed by atoms with van der Waals surface area (Å²) in [6.07, 6.45) is 4.85. The fourth-order valence-electron chi connectivity index (χ4n) is 0.988. The number of hydrogen-bond donors (Lipinski definition) is 1. The van der Waals surface area contributed by atoms with E-state index in [0.717, 1.165) is 5.56 Å². The average Bonchev–Trinajstić information content (AvgIpc) is 2.25. The van der Waals surface area contributed by atoms with Crippen LogP contribution < -0.4 is 0 Å². The maximum atomic E-state index is 10.4. The molecule has 0 amide bonds. The maximum Gasteiger partial charge on any atom is 0.339 e. The molecule has 0 radical (unpaired) electrons. The third-order valence-corrected chi connectivity index (χ3v) is 1.74. The number of carboxylic acids is 1. The van der Waals surface area contributed by atoms with E-state index < -0.39 is 5.97 Å². The molecule has 0 spiro atoms. The molecular formula is C12H10O3. The van der Waals surface area contributed by atoms with Crippen molar-refractivity contribution in [3.8, 4) is 0 Å². The molecule has 0 fully saturated rings. The second-order valence-electron chi connectivity index (χ2n) is 2.81. The predicted octanol–water partition coefficient (Wildman–Crippen LogP) is 1.91. The van der Waals surface area contributed by atoms with Crippen molar-refractivity contribution in [2.45, 2.75) is 0 Å². The van der Waals surface area contributed by atoms with Gasteiger partial charge in [0.15, 0.2) is 6.29 Å². The zero-order valence-corrected chi connectivity index (χ0v) is 7.96. The summed E-state index contributed by atoms with van der Waals surface area (Å²) in [4.78, 5) is 20.7. The van der Waals surface area contributed by atoms with Gasteiger partial charge in [-0.15, -0.1) is 0 Å². The molecule has 0 aromatic heterocycles. The number of carbonyl (C=O) groups is 2. The molecule has 15 heavy (non-hydrogen) atoms.